The first-order valence-corrected chi connectivity index (χ1v) is 6.41. The molecule has 2 amide bonds. The van der Waals surface area contributed by atoms with Crippen LogP contribution in [-0.2, 0) is 9.59 Å². The van der Waals surface area contributed by atoms with Crippen molar-refractivity contribution in [3.8, 4) is 5.75 Å². The standard InChI is InChI=1S/C13H15ClN2O3/c1-8-6-10(4-5-11(8)14)19-7-12(17)15-16-13(18)9-2-3-9/h4-6,9H,2-3,7H2,1H3,(H,15,17)(H,16,18). The van der Waals surface area contributed by atoms with Gasteiger partial charge in [-0.2, -0.15) is 0 Å². The van der Waals surface area contributed by atoms with Gasteiger partial charge in [0.15, 0.2) is 6.61 Å². The van der Waals surface area contributed by atoms with Gasteiger partial charge in [-0.05, 0) is 43.5 Å². The molecule has 0 aromatic heterocycles. The van der Waals surface area contributed by atoms with Gasteiger partial charge >= 0.3 is 0 Å². The molecule has 0 atom stereocenters. The number of carbonyl (C=O) groups is 2. The fraction of sp³-hybridized carbons (Fsp3) is 0.385. The SMILES string of the molecule is Cc1cc(OCC(=O)NNC(=O)C2CC2)ccc1Cl. The van der Waals surface area contributed by atoms with E-state index in [-0.39, 0.29) is 18.4 Å². The van der Waals surface area contributed by atoms with E-state index in [0.717, 1.165) is 18.4 Å². The molecule has 5 nitrogen and oxygen atoms in total. The number of ether oxygens (including phenoxy) is 1. The molecule has 2 rings (SSSR count). The Hall–Kier alpha value is -1.75. The lowest BCUT2D eigenvalue weighted by Crippen LogP contribution is -2.44. The summed E-state index contributed by atoms with van der Waals surface area (Å²) in [7, 11) is 0. The van der Waals surface area contributed by atoms with E-state index in [1.54, 1.807) is 18.2 Å². The third-order valence-corrected chi connectivity index (χ3v) is 3.20. The molecule has 2 N–H and O–H groups in total. The Kier molecular flexibility index (Phi) is 4.27. The molecule has 0 saturated heterocycles. The van der Waals surface area contributed by atoms with Crippen LogP contribution in [0.4, 0.5) is 0 Å². The average molecular weight is 283 g/mol. The summed E-state index contributed by atoms with van der Waals surface area (Å²) in [5.41, 5.74) is 5.55. The van der Waals surface area contributed by atoms with Crippen molar-refractivity contribution in [1.29, 1.82) is 0 Å². The number of benzene rings is 1. The number of halogens is 1. The van der Waals surface area contributed by atoms with Crippen LogP contribution in [0.5, 0.6) is 5.75 Å². The largest absolute Gasteiger partial charge is 0.484 e. The summed E-state index contributed by atoms with van der Waals surface area (Å²) in [5, 5.41) is 0.647. The Labute approximate surface area is 116 Å². The lowest BCUT2D eigenvalue weighted by Gasteiger charge is -2.09. The number of hydrazine groups is 1. The van der Waals surface area contributed by atoms with E-state index in [4.69, 9.17) is 16.3 Å². The molecule has 0 radical (unpaired) electrons. The Bertz CT molecular complexity index is 501. The molecule has 6 heteroatoms. The van der Waals surface area contributed by atoms with Gasteiger partial charge < -0.3 is 4.74 Å². The van der Waals surface area contributed by atoms with E-state index in [1.807, 2.05) is 6.92 Å². The van der Waals surface area contributed by atoms with Crippen LogP contribution in [0.2, 0.25) is 5.02 Å². The van der Waals surface area contributed by atoms with E-state index in [2.05, 4.69) is 10.9 Å². The molecule has 1 aromatic carbocycles. The summed E-state index contributed by atoms with van der Waals surface area (Å²) in [6.07, 6.45) is 1.78. The van der Waals surface area contributed by atoms with E-state index < -0.39 is 5.91 Å². The molecule has 1 aliphatic carbocycles. The first kappa shape index (κ1) is 13.7. The third kappa shape index (κ3) is 4.13. The van der Waals surface area contributed by atoms with Crippen LogP contribution in [0, 0.1) is 12.8 Å². The van der Waals surface area contributed by atoms with Gasteiger partial charge in [0.25, 0.3) is 5.91 Å². The van der Waals surface area contributed by atoms with E-state index in [1.165, 1.54) is 0 Å². The molecule has 19 heavy (non-hydrogen) atoms. The third-order valence-electron chi connectivity index (χ3n) is 2.77. The lowest BCUT2D eigenvalue weighted by molar-refractivity contribution is -0.130. The average Bonchev–Trinajstić information content (AvgIpc) is 3.21. The molecule has 1 saturated carbocycles. The molecule has 0 unspecified atom stereocenters. The lowest BCUT2D eigenvalue weighted by atomic mass is 10.2. The maximum absolute atomic E-state index is 11.4. The molecule has 1 aromatic rings. The summed E-state index contributed by atoms with van der Waals surface area (Å²) in [6.45, 7) is 1.69. The molecular weight excluding hydrogens is 268 g/mol. The summed E-state index contributed by atoms with van der Waals surface area (Å²) in [4.78, 5) is 22.7. The van der Waals surface area contributed by atoms with Crippen molar-refractivity contribution in [3.63, 3.8) is 0 Å². The number of amides is 2. The Morgan fingerprint density at radius 1 is 1.37 bits per heavy atom. The Morgan fingerprint density at radius 3 is 2.74 bits per heavy atom. The molecule has 0 aliphatic heterocycles. The summed E-state index contributed by atoms with van der Waals surface area (Å²) >= 11 is 5.88. The van der Waals surface area contributed by atoms with E-state index in [9.17, 15) is 9.59 Å². The van der Waals surface area contributed by atoms with Crippen molar-refractivity contribution in [2.24, 2.45) is 5.92 Å². The van der Waals surface area contributed by atoms with Crippen molar-refractivity contribution in [1.82, 2.24) is 10.9 Å². The smallest absolute Gasteiger partial charge is 0.276 e. The van der Waals surface area contributed by atoms with Crippen LogP contribution < -0.4 is 15.6 Å². The minimum Gasteiger partial charge on any atom is -0.484 e. The van der Waals surface area contributed by atoms with E-state index >= 15 is 0 Å². The number of aryl methyl sites for hydroxylation is 1. The number of hydrogen-bond acceptors (Lipinski definition) is 3. The van der Waals surface area contributed by atoms with Crippen molar-refractivity contribution in [2.45, 2.75) is 19.8 Å². The van der Waals surface area contributed by atoms with E-state index in [0.29, 0.717) is 10.8 Å². The molecule has 1 aliphatic rings. The molecule has 1 fully saturated rings. The molecule has 0 heterocycles. The van der Waals surface area contributed by atoms with Crippen molar-refractivity contribution in [3.05, 3.63) is 28.8 Å². The van der Waals surface area contributed by atoms with Gasteiger partial charge in [0.1, 0.15) is 5.75 Å². The number of rotatable bonds is 4. The second kappa shape index (κ2) is 5.93. The van der Waals surface area contributed by atoms with Crippen molar-refractivity contribution < 1.29 is 14.3 Å². The van der Waals surface area contributed by atoms with Crippen LogP contribution >= 0.6 is 11.6 Å². The maximum Gasteiger partial charge on any atom is 0.276 e. The number of hydrogen-bond donors (Lipinski definition) is 2. The van der Waals surface area contributed by atoms with Gasteiger partial charge in [0, 0.05) is 10.9 Å². The molecule has 102 valence electrons. The second-order valence-corrected chi connectivity index (χ2v) is 4.92. The highest BCUT2D eigenvalue weighted by Gasteiger charge is 2.29. The van der Waals surface area contributed by atoms with Gasteiger partial charge in [-0.3, -0.25) is 20.4 Å². The Balaban J connectivity index is 1.73. The normalized spacial score (nSPS) is 13.8. The maximum atomic E-state index is 11.4. The summed E-state index contributed by atoms with van der Waals surface area (Å²) in [5.74, 6) is 0.0722. The summed E-state index contributed by atoms with van der Waals surface area (Å²) in [6, 6.07) is 5.14. The first-order valence-electron chi connectivity index (χ1n) is 6.04. The highest BCUT2D eigenvalue weighted by Crippen LogP contribution is 2.28. The fourth-order valence-corrected chi connectivity index (χ4v) is 1.59. The van der Waals surface area contributed by atoms with Crippen molar-refractivity contribution >= 4 is 23.4 Å². The zero-order valence-corrected chi connectivity index (χ0v) is 11.3. The van der Waals surface area contributed by atoms with Gasteiger partial charge in [-0.1, -0.05) is 11.6 Å². The quantitative estimate of drug-likeness (QED) is 0.824. The fourth-order valence-electron chi connectivity index (χ4n) is 1.47. The van der Waals surface area contributed by atoms with Gasteiger partial charge in [-0.15, -0.1) is 0 Å². The highest BCUT2D eigenvalue weighted by molar-refractivity contribution is 6.31. The highest BCUT2D eigenvalue weighted by atomic mass is 35.5. The minimum absolute atomic E-state index is 0.0557. The van der Waals surface area contributed by atoms with Crippen LogP contribution in [0.15, 0.2) is 18.2 Å². The predicted octanol–water partition coefficient (Wildman–Crippen LogP) is 1.58. The summed E-state index contributed by atoms with van der Waals surface area (Å²) < 4.78 is 5.29. The van der Waals surface area contributed by atoms with Crippen LogP contribution in [0.1, 0.15) is 18.4 Å². The number of carbonyl (C=O) groups excluding carboxylic acids is 2. The number of nitrogens with one attached hydrogen (secondary N) is 2. The first-order chi connectivity index (χ1) is 9.06. The zero-order chi connectivity index (χ0) is 13.8. The van der Waals surface area contributed by atoms with Crippen LogP contribution in [-0.4, -0.2) is 18.4 Å². The van der Waals surface area contributed by atoms with Gasteiger partial charge in [0.05, 0.1) is 0 Å². The zero-order valence-electron chi connectivity index (χ0n) is 10.5. The molecule has 0 bridgehead atoms. The monoisotopic (exact) mass is 282 g/mol. The van der Waals surface area contributed by atoms with Crippen molar-refractivity contribution in [2.75, 3.05) is 6.61 Å². The van der Waals surface area contributed by atoms with Crippen LogP contribution in [0.25, 0.3) is 0 Å². The molecule has 0 spiro atoms. The van der Waals surface area contributed by atoms with Crippen LogP contribution in [0.3, 0.4) is 0 Å². The van der Waals surface area contributed by atoms with Gasteiger partial charge in [-0.25, -0.2) is 0 Å². The Morgan fingerprint density at radius 2 is 2.11 bits per heavy atom. The molecular formula is C13H15ClN2O3. The predicted molar refractivity (Wildman–Crippen MR) is 70.7 cm³/mol. The second-order valence-electron chi connectivity index (χ2n) is 4.51. The topological polar surface area (TPSA) is 67.4 Å². The minimum atomic E-state index is -0.401. The van der Waals surface area contributed by atoms with Gasteiger partial charge in [0.2, 0.25) is 5.91 Å².